The Kier molecular flexibility index (Phi) is 5.03. The molecule has 2 aromatic rings. The number of para-hydroxylation sites is 1. The summed E-state index contributed by atoms with van der Waals surface area (Å²) in [5.41, 5.74) is 2.97. The first kappa shape index (κ1) is 17.4. The van der Waals surface area contributed by atoms with Crippen LogP contribution in [0.15, 0.2) is 18.2 Å². The van der Waals surface area contributed by atoms with Crippen molar-refractivity contribution in [2.45, 2.75) is 32.4 Å². The van der Waals surface area contributed by atoms with E-state index in [0.717, 1.165) is 23.0 Å². The number of hydrogen-bond donors (Lipinski definition) is 1. The van der Waals surface area contributed by atoms with Gasteiger partial charge in [-0.25, -0.2) is 4.98 Å². The summed E-state index contributed by atoms with van der Waals surface area (Å²) in [6.45, 7) is 2.80. The fraction of sp³-hybridized carbons (Fsp3) is 0.500. The molecule has 1 aliphatic heterocycles. The van der Waals surface area contributed by atoms with Crippen molar-refractivity contribution < 1.29 is 14.3 Å². The van der Waals surface area contributed by atoms with Gasteiger partial charge in [-0.15, -0.1) is 0 Å². The Morgan fingerprint density at radius 1 is 1.40 bits per heavy atom. The lowest BCUT2D eigenvalue weighted by molar-refractivity contribution is -0.145. The van der Waals surface area contributed by atoms with E-state index in [1.54, 1.807) is 19.0 Å². The molecule has 0 unspecified atom stereocenters. The molecule has 1 saturated heterocycles. The van der Waals surface area contributed by atoms with Crippen molar-refractivity contribution in [3.8, 4) is 0 Å². The van der Waals surface area contributed by atoms with E-state index in [1.807, 2.05) is 25.1 Å². The van der Waals surface area contributed by atoms with Crippen LogP contribution in [0.4, 0.5) is 0 Å². The minimum Gasteiger partial charge on any atom is -0.364 e. The number of aromatic nitrogens is 2. The number of hydrogen-bond acceptors (Lipinski definition) is 4. The number of aryl methyl sites for hydroxylation is 1. The van der Waals surface area contributed by atoms with E-state index >= 15 is 0 Å². The Bertz CT molecular complexity index is 784. The molecule has 0 spiro atoms. The molecule has 7 heteroatoms. The second-order valence-electron chi connectivity index (χ2n) is 6.63. The van der Waals surface area contributed by atoms with Crippen molar-refractivity contribution in [1.82, 2.24) is 19.8 Å². The summed E-state index contributed by atoms with van der Waals surface area (Å²) in [5, 5.41) is 0. The van der Waals surface area contributed by atoms with E-state index in [-0.39, 0.29) is 31.1 Å². The van der Waals surface area contributed by atoms with Gasteiger partial charge in [-0.05, 0) is 31.4 Å². The predicted molar refractivity (Wildman–Crippen MR) is 93.9 cm³/mol. The number of carbonyl (C=O) groups excluding carboxylic acids is 2. The number of likely N-dealkylation sites (N-methyl/N-ethyl adjacent to an activating group) is 1. The van der Waals surface area contributed by atoms with Gasteiger partial charge in [-0.1, -0.05) is 12.1 Å². The zero-order valence-electron chi connectivity index (χ0n) is 14.9. The van der Waals surface area contributed by atoms with Crippen molar-refractivity contribution >= 4 is 22.8 Å². The zero-order chi connectivity index (χ0) is 18.0. The van der Waals surface area contributed by atoms with Crippen LogP contribution in [0.25, 0.3) is 11.0 Å². The third-order valence-electron chi connectivity index (χ3n) is 4.53. The fourth-order valence-corrected chi connectivity index (χ4v) is 3.23. The predicted octanol–water partition coefficient (Wildman–Crippen LogP) is 1.47. The van der Waals surface area contributed by atoms with Crippen LogP contribution in [-0.4, -0.2) is 64.9 Å². The molecule has 134 valence electrons. The molecule has 1 aromatic heterocycles. The molecular weight excluding hydrogens is 320 g/mol. The molecule has 0 aliphatic carbocycles. The normalized spacial score (nSPS) is 17.2. The molecule has 25 heavy (non-hydrogen) atoms. The van der Waals surface area contributed by atoms with E-state index in [0.29, 0.717) is 18.8 Å². The summed E-state index contributed by atoms with van der Waals surface area (Å²) in [6.07, 6.45) is 1.56. The Labute approximate surface area is 147 Å². The van der Waals surface area contributed by atoms with Crippen molar-refractivity contribution in [3.05, 3.63) is 29.6 Å². The molecule has 3 rings (SSSR count). The van der Waals surface area contributed by atoms with Crippen LogP contribution in [-0.2, 0) is 20.9 Å². The van der Waals surface area contributed by atoms with Crippen LogP contribution < -0.4 is 0 Å². The van der Waals surface area contributed by atoms with Gasteiger partial charge in [-0.2, -0.15) is 0 Å². The smallest absolute Gasteiger partial charge is 0.249 e. The van der Waals surface area contributed by atoms with Gasteiger partial charge in [0.1, 0.15) is 25.1 Å². The maximum atomic E-state index is 12.4. The molecular formula is C18H24N4O3. The quantitative estimate of drug-likeness (QED) is 0.891. The molecule has 1 atom stereocenters. The molecule has 1 N–H and O–H groups in total. The number of aromatic amines is 1. The molecule has 0 radical (unpaired) electrons. The molecule has 2 amide bonds. The minimum atomic E-state index is -0.361. The maximum absolute atomic E-state index is 12.4. The molecule has 7 nitrogen and oxygen atoms in total. The molecule has 1 aliphatic rings. The summed E-state index contributed by atoms with van der Waals surface area (Å²) in [6, 6.07) is 5.58. The number of nitrogens with zero attached hydrogens (tertiary/aromatic N) is 3. The van der Waals surface area contributed by atoms with Crippen LogP contribution in [0.3, 0.4) is 0 Å². The van der Waals surface area contributed by atoms with Crippen LogP contribution in [0.5, 0.6) is 0 Å². The number of rotatable bonds is 5. The Hall–Kier alpha value is -2.41. The summed E-state index contributed by atoms with van der Waals surface area (Å²) in [7, 11) is 3.42. The van der Waals surface area contributed by atoms with Gasteiger partial charge in [0, 0.05) is 20.6 Å². The van der Waals surface area contributed by atoms with Gasteiger partial charge in [0.05, 0.1) is 11.0 Å². The Morgan fingerprint density at radius 3 is 2.92 bits per heavy atom. The highest BCUT2D eigenvalue weighted by Crippen LogP contribution is 2.19. The van der Waals surface area contributed by atoms with Crippen LogP contribution in [0.2, 0.25) is 0 Å². The average molecular weight is 344 g/mol. The highest BCUT2D eigenvalue weighted by Gasteiger charge is 2.34. The lowest BCUT2D eigenvalue weighted by atomic mass is 10.2. The van der Waals surface area contributed by atoms with Crippen molar-refractivity contribution in [1.29, 1.82) is 0 Å². The van der Waals surface area contributed by atoms with E-state index < -0.39 is 0 Å². The van der Waals surface area contributed by atoms with Crippen molar-refractivity contribution in [2.24, 2.45) is 0 Å². The molecule has 1 aromatic carbocycles. The summed E-state index contributed by atoms with van der Waals surface area (Å²) < 4.78 is 5.54. The van der Waals surface area contributed by atoms with E-state index in [4.69, 9.17) is 4.74 Å². The van der Waals surface area contributed by atoms with Crippen molar-refractivity contribution in [3.63, 3.8) is 0 Å². The number of likely N-dealkylation sites (tertiary alicyclic amines) is 1. The Morgan fingerprint density at radius 2 is 2.20 bits per heavy atom. The first-order valence-electron chi connectivity index (χ1n) is 8.50. The zero-order valence-corrected chi connectivity index (χ0v) is 14.9. The number of benzene rings is 1. The number of nitrogens with one attached hydrogen (secondary N) is 1. The second-order valence-corrected chi connectivity index (χ2v) is 6.63. The summed E-state index contributed by atoms with van der Waals surface area (Å²) >= 11 is 0. The number of ether oxygens (including phenoxy) is 1. The van der Waals surface area contributed by atoms with Gasteiger partial charge in [0.2, 0.25) is 11.8 Å². The maximum Gasteiger partial charge on any atom is 0.249 e. The molecule has 0 bridgehead atoms. The summed E-state index contributed by atoms with van der Waals surface area (Å²) in [5.74, 6) is 0.517. The molecule has 1 fully saturated rings. The first-order chi connectivity index (χ1) is 12.0. The third kappa shape index (κ3) is 3.66. The fourth-order valence-electron chi connectivity index (χ4n) is 3.23. The standard InChI is InChI=1S/C18H24N4O3/c1-12-6-4-7-13-17(12)20-15(19-13)10-25-11-16(23)22-9-5-8-14(22)18(24)21(2)3/h4,6-7,14H,5,8-11H2,1-3H3,(H,19,20)/t14-/m0/s1. The highest BCUT2D eigenvalue weighted by molar-refractivity contribution is 5.88. The topological polar surface area (TPSA) is 78.5 Å². The molecule has 2 heterocycles. The van der Waals surface area contributed by atoms with E-state index in [2.05, 4.69) is 9.97 Å². The first-order valence-corrected chi connectivity index (χ1v) is 8.50. The largest absolute Gasteiger partial charge is 0.364 e. The minimum absolute atomic E-state index is 0.0291. The monoisotopic (exact) mass is 344 g/mol. The SMILES string of the molecule is Cc1cccc2[nH]c(COCC(=O)N3CCC[C@H]3C(=O)N(C)C)nc12. The van der Waals surface area contributed by atoms with Crippen molar-refractivity contribution in [2.75, 3.05) is 27.2 Å². The lowest BCUT2D eigenvalue weighted by Crippen LogP contribution is -2.46. The Balaban J connectivity index is 1.56. The highest BCUT2D eigenvalue weighted by atomic mass is 16.5. The van der Waals surface area contributed by atoms with Crippen LogP contribution in [0.1, 0.15) is 24.2 Å². The second kappa shape index (κ2) is 7.23. The van der Waals surface area contributed by atoms with Gasteiger partial charge < -0.3 is 19.5 Å². The van der Waals surface area contributed by atoms with Gasteiger partial charge in [0.25, 0.3) is 0 Å². The van der Waals surface area contributed by atoms with Gasteiger partial charge in [-0.3, -0.25) is 9.59 Å². The van der Waals surface area contributed by atoms with E-state index in [9.17, 15) is 9.59 Å². The number of fused-ring (bicyclic) bond motifs is 1. The third-order valence-corrected chi connectivity index (χ3v) is 4.53. The van der Waals surface area contributed by atoms with Gasteiger partial charge in [0.15, 0.2) is 0 Å². The average Bonchev–Trinajstić information content (AvgIpc) is 3.21. The number of H-pyrrole nitrogens is 1. The number of imidazole rings is 1. The molecule has 0 saturated carbocycles. The van der Waals surface area contributed by atoms with E-state index in [1.165, 1.54) is 4.90 Å². The lowest BCUT2D eigenvalue weighted by Gasteiger charge is -2.26. The summed E-state index contributed by atoms with van der Waals surface area (Å²) in [4.78, 5) is 35.4. The van der Waals surface area contributed by atoms with Crippen LogP contribution >= 0.6 is 0 Å². The number of carbonyl (C=O) groups is 2. The van der Waals surface area contributed by atoms with Crippen LogP contribution in [0, 0.1) is 6.92 Å². The number of amides is 2. The van der Waals surface area contributed by atoms with Gasteiger partial charge >= 0.3 is 0 Å².